The summed E-state index contributed by atoms with van der Waals surface area (Å²) in [6.07, 6.45) is 2.06. The zero-order chi connectivity index (χ0) is 17.6. The lowest BCUT2D eigenvalue weighted by Crippen LogP contribution is -2.46. The summed E-state index contributed by atoms with van der Waals surface area (Å²) in [4.78, 5) is 16.6. The van der Waals surface area contributed by atoms with E-state index in [0.29, 0.717) is 6.54 Å². The van der Waals surface area contributed by atoms with Crippen molar-refractivity contribution in [2.75, 3.05) is 37.6 Å². The highest BCUT2D eigenvalue weighted by Gasteiger charge is 2.16. The van der Waals surface area contributed by atoms with Crippen LogP contribution in [0.4, 0.5) is 5.69 Å². The summed E-state index contributed by atoms with van der Waals surface area (Å²) >= 11 is 6.08. The number of unbranched alkanes of at least 4 members (excludes halogenated alkanes) is 1. The molecule has 25 heavy (non-hydrogen) atoms. The standard InChI is InChI=1S/C19H25ClN4O/c1-16-7-8-19(25)24(21-16)10-3-2-9-22-11-13-23(14-12-22)18-6-4-5-17(20)15-18/h4-8,15H,2-3,9-14H2,1H3. The topological polar surface area (TPSA) is 41.4 Å². The molecule has 0 bridgehead atoms. The molecular formula is C19H25ClN4O. The summed E-state index contributed by atoms with van der Waals surface area (Å²) in [5.41, 5.74) is 2.08. The van der Waals surface area contributed by atoms with Crippen LogP contribution in [-0.2, 0) is 6.54 Å². The van der Waals surface area contributed by atoms with Gasteiger partial charge in [0, 0.05) is 49.5 Å². The fourth-order valence-electron chi connectivity index (χ4n) is 3.21. The minimum absolute atomic E-state index is 0.0132. The lowest BCUT2D eigenvalue weighted by atomic mass is 10.2. The molecular weight excluding hydrogens is 336 g/mol. The van der Waals surface area contributed by atoms with Crippen molar-refractivity contribution >= 4 is 17.3 Å². The van der Waals surface area contributed by atoms with E-state index in [-0.39, 0.29) is 5.56 Å². The highest BCUT2D eigenvalue weighted by molar-refractivity contribution is 6.30. The average Bonchev–Trinajstić information content (AvgIpc) is 2.62. The van der Waals surface area contributed by atoms with Gasteiger partial charge < -0.3 is 4.90 Å². The van der Waals surface area contributed by atoms with Gasteiger partial charge in [0.2, 0.25) is 0 Å². The van der Waals surface area contributed by atoms with Gasteiger partial charge in [0.25, 0.3) is 5.56 Å². The van der Waals surface area contributed by atoms with E-state index < -0.39 is 0 Å². The van der Waals surface area contributed by atoms with Gasteiger partial charge in [-0.25, -0.2) is 4.68 Å². The molecule has 134 valence electrons. The molecule has 1 aliphatic heterocycles. The van der Waals surface area contributed by atoms with Gasteiger partial charge in [0.1, 0.15) is 0 Å². The van der Waals surface area contributed by atoms with E-state index in [1.54, 1.807) is 16.8 Å². The second kappa shape index (κ2) is 8.50. The van der Waals surface area contributed by atoms with Crippen molar-refractivity contribution in [2.45, 2.75) is 26.3 Å². The Morgan fingerprint density at radius 2 is 1.80 bits per heavy atom. The molecule has 1 fully saturated rings. The molecule has 1 aromatic heterocycles. The zero-order valence-corrected chi connectivity index (χ0v) is 15.5. The van der Waals surface area contributed by atoms with Crippen LogP contribution in [0.2, 0.25) is 5.02 Å². The quantitative estimate of drug-likeness (QED) is 0.743. The fourth-order valence-corrected chi connectivity index (χ4v) is 3.40. The number of benzene rings is 1. The molecule has 0 saturated carbocycles. The van der Waals surface area contributed by atoms with Crippen LogP contribution in [0.1, 0.15) is 18.5 Å². The fraction of sp³-hybridized carbons (Fsp3) is 0.474. The third kappa shape index (κ3) is 5.06. The van der Waals surface area contributed by atoms with Crippen LogP contribution in [-0.4, -0.2) is 47.4 Å². The molecule has 0 atom stereocenters. The minimum atomic E-state index is -0.0132. The number of halogens is 1. The first kappa shape index (κ1) is 18.0. The van der Waals surface area contributed by atoms with Gasteiger partial charge in [-0.3, -0.25) is 9.69 Å². The van der Waals surface area contributed by atoms with E-state index in [4.69, 9.17) is 11.6 Å². The third-order valence-electron chi connectivity index (χ3n) is 4.64. The number of anilines is 1. The number of hydrogen-bond donors (Lipinski definition) is 0. The second-order valence-electron chi connectivity index (χ2n) is 6.55. The Hall–Kier alpha value is -1.85. The predicted octanol–water partition coefficient (Wildman–Crippen LogP) is 2.81. The van der Waals surface area contributed by atoms with Crippen molar-refractivity contribution < 1.29 is 0 Å². The van der Waals surface area contributed by atoms with Gasteiger partial charge in [-0.1, -0.05) is 17.7 Å². The molecule has 3 rings (SSSR count). The minimum Gasteiger partial charge on any atom is -0.369 e. The molecule has 1 aliphatic rings. The van der Waals surface area contributed by atoms with Gasteiger partial charge in [-0.2, -0.15) is 5.10 Å². The second-order valence-corrected chi connectivity index (χ2v) is 6.99. The van der Waals surface area contributed by atoms with Crippen LogP contribution in [0.3, 0.4) is 0 Å². The van der Waals surface area contributed by atoms with Crippen molar-refractivity contribution in [3.05, 3.63) is 57.5 Å². The summed E-state index contributed by atoms with van der Waals surface area (Å²) in [6, 6.07) is 11.4. The van der Waals surface area contributed by atoms with Crippen LogP contribution >= 0.6 is 11.6 Å². The maximum absolute atomic E-state index is 11.7. The van der Waals surface area contributed by atoms with Crippen LogP contribution in [0.25, 0.3) is 0 Å². The summed E-state index contributed by atoms with van der Waals surface area (Å²) in [6.45, 7) is 7.87. The Morgan fingerprint density at radius 3 is 2.56 bits per heavy atom. The number of nitrogens with zero attached hydrogens (tertiary/aromatic N) is 4. The van der Waals surface area contributed by atoms with E-state index in [1.807, 2.05) is 25.1 Å². The van der Waals surface area contributed by atoms with Crippen LogP contribution < -0.4 is 10.5 Å². The molecule has 0 spiro atoms. The van der Waals surface area contributed by atoms with E-state index in [2.05, 4.69) is 21.0 Å². The number of piperazine rings is 1. The van der Waals surface area contributed by atoms with Crippen molar-refractivity contribution in [2.24, 2.45) is 0 Å². The normalized spacial score (nSPS) is 15.5. The molecule has 5 nitrogen and oxygen atoms in total. The van der Waals surface area contributed by atoms with E-state index in [0.717, 1.165) is 56.3 Å². The Kier molecular flexibility index (Phi) is 6.10. The van der Waals surface area contributed by atoms with E-state index in [1.165, 1.54) is 5.69 Å². The first-order valence-corrected chi connectivity index (χ1v) is 9.27. The lowest BCUT2D eigenvalue weighted by molar-refractivity contribution is 0.250. The summed E-state index contributed by atoms with van der Waals surface area (Å²) < 4.78 is 1.58. The molecule has 2 heterocycles. The van der Waals surface area contributed by atoms with Crippen molar-refractivity contribution in [3.8, 4) is 0 Å². The lowest BCUT2D eigenvalue weighted by Gasteiger charge is -2.36. The monoisotopic (exact) mass is 360 g/mol. The van der Waals surface area contributed by atoms with Crippen LogP contribution in [0.5, 0.6) is 0 Å². The molecule has 0 N–H and O–H groups in total. The smallest absolute Gasteiger partial charge is 0.266 e. The number of hydrogen-bond acceptors (Lipinski definition) is 4. The van der Waals surface area contributed by atoms with Gasteiger partial charge in [0.15, 0.2) is 0 Å². The maximum atomic E-state index is 11.7. The summed E-state index contributed by atoms with van der Waals surface area (Å²) in [5.74, 6) is 0. The van der Waals surface area contributed by atoms with E-state index in [9.17, 15) is 4.79 Å². The van der Waals surface area contributed by atoms with Crippen molar-refractivity contribution in [3.63, 3.8) is 0 Å². The molecule has 6 heteroatoms. The van der Waals surface area contributed by atoms with Gasteiger partial charge in [-0.15, -0.1) is 0 Å². The largest absolute Gasteiger partial charge is 0.369 e. The number of aryl methyl sites for hydroxylation is 2. The van der Waals surface area contributed by atoms with Gasteiger partial charge in [-0.05, 0) is 50.6 Å². The SMILES string of the molecule is Cc1ccc(=O)n(CCCCN2CCN(c3cccc(Cl)c3)CC2)n1. The zero-order valence-electron chi connectivity index (χ0n) is 14.7. The Bertz CT molecular complexity index is 753. The molecule has 1 saturated heterocycles. The highest BCUT2D eigenvalue weighted by atomic mass is 35.5. The van der Waals surface area contributed by atoms with E-state index >= 15 is 0 Å². The number of aromatic nitrogens is 2. The van der Waals surface area contributed by atoms with Crippen LogP contribution in [0, 0.1) is 6.92 Å². The average molecular weight is 361 g/mol. The predicted molar refractivity (Wildman–Crippen MR) is 103 cm³/mol. The van der Waals surface area contributed by atoms with Gasteiger partial charge >= 0.3 is 0 Å². The van der Waals surface area contributed by atoms with Crippen LogP contribution in [0.15, 0.2) is 41.2 Å². The molecule has 0 amide bonds. The molecule has 0 radical (unpaired) electrons. The molecule has 0 aliphatic carbocycles. The Morgan fingerprint density at radius 1 is 1.04 bits per heavy atom. The van der Waals surface area contributed by atoms with Gasteiger partial charge in [0.05, 0.1) is 5.69 Å². The Labute approximate surface area is 153 Å². The molecule has 2 aromatic rings. The number of rotatable bonds is 6. The first-order valence-electron chi connectivity index (χ1n) is 8.89. The van der Waals surface area contributed by atoms with Crippen molar-refractivity contribution in [1.82, 2.24) is 14.7 Å². The molecule has 1 aromatic carbocycles. The first-order chi connectivity index (χ1) is 12.1. The summed E-state index contributed by atoms with van der Waals surface area (Å²) in [5, 5.41) is 5.07. The van der Waals surface area contributed by atoms with Crippen molar-refractivity contribution in [1.29, 1.82) is 0 Å². The maximum Gasteiger partial charge on any atom is 0.266 e. The third-order valence-corrected chi connectivity index (χ3v) is 4.87. The molecule has 0 unspecified atom stereocenters. The highest BCUT2D eigenvalue weighted by Crippen LogP contribution is 2.20. The summed E-state index contributed by atoms with van der Waals surface area (Å²) in [7, 11) is 0. The Balaban J connectivity index is 1.39.